The zero-order valence-corrected chi connectivity index (χ0v) is 9.93. The van der Waals surface area contributed by atoms with Gasteiger partial charge < -0.3 is 5.32 Å². The summed E-state index contributed by atoms with van der Waals surface area (Å²) in [5.41, 5.74) is 0.0324. The lowest BCUT2D eigenvalue weighted by Gasteiger charge is -2.11. The van der Waals surface area contributed by atoms with Gasteiger partial charge in [0.2, 0.25) is 0 Å². The maximum Gasteiger partial charge on any atom is 0.287 e. The highest BCUT2D eigenvalue weighted by Gasteiger charge is 2.20. The van der Waals surface area contributed by atoms with Crippen LogP contribution in [0.2, 0.25) is 0 Å². The third-order valence-electron chi connectivity index (χ3n) is 3.33. The average Bonchev–Trinajstić information content (AvgIpc) is 2.73. The maximum atomic E-state index is 10.5. The number of nitro groups is 1. The summed E-state index contributed by atoms with van der Waals surface area (Å²) in [5.74, 6) is 2.25. The van der Waals surface area contributed by atoms with E-state index in [1.54, 1.807) is 6.07 Å². The fourth-order valence-electron chi connectivity index (χ4n) is 2.36. The highest BCUT2D eigenvalue weighted by atomic mass is 16.6. The number of aromatic nitrogens is 1. The summed E-state index contributed by atoms with van der Waals surface area (Å²) in [6.45, 7) is 3.19. The minimum absolute atomic E-state index is 0.0324. The monoisotopic (exact) mass is 235 g/mol. The van der Waals surface area contributed by atoms with Gasteiger partial charge in [0.05, 0.1) is 4.92 Å². The smallest absolute Gasteiger partial charge is 0.287 e. The second-order valence-corrected chi connectivity index (χ2v) is 4.82. The number of hydrogen-bond acceptors (Lipinski definition) is 4. The molecule has 1 aromatic heterocycles. The summed E-state index contributed by atoms with van der Waals surface area (Å²) in [6, 6.07) is 3.14. The van der Waals surface area contributed by atoms with Crippen molar-refractivity contribution in [1.82, 2.24) is 4.98 Å². The molecule has 1 fully saturated rings. The van der Waals surface area contributed by atoms with E-state index in [9.17, 15) is 10.1 Å². The molecule has 1 aliphatic rings. The zero-order valence-electron chi connectivity index (χ0n) is 9.93. The molecule has 17 heavy (non-hydrogen) atoms. The van der Waals surface area contributed by atoms with Gasteiger partial charge in [-0.15, -0.1) is 0 Å². The van der Waals surface area contributed by atoms with Crippen LogP contribution < -0.4 is 5.32 Å². The Kier molecular flexibility index (Phi) is 3.56. The van der Waals surface area contributed by atoms with Crippen molar-refractivity contribution in [2.24, 2.45) is 11.8 Å². The fourth-order valence-corrected chi connectivity index (χ4v) is 2.36. The van der Waals surface area contributed by atoms with Gasteiger partial charge in [0.25, 0.3) is 5.69 Å². The highest BCUT2D eigenvalue weighted by Crippen LogP contribution is 2.30. The van der Waals surface area contributed by atoms with Crippen molar-refractivity contribution in [1.29, 1.82) is 0 Å². The van der Waals surface area contributed by atoms with E-state index in [2.05, 4.69) is 17.2 Å². The van der Waals surface area contributed by atoms with Crippen LogP contribution in [0.15, 0.2) is 18.3 Å². The molecule has 2 unspecified atom stereocenters. The molecule has 1 aromatic rings. The summed E-state index contributed by atoms with van der Waals surface area (Å²) in [4.78, 5) is 14.1. The molecule has 0 aromatic carbocycles. The number of anilines is 1. The predicted molar refractivity (Wildman–Crippen MR) is 65.9 cm³/mol. The Morgan fingerprint density at radius 2 is 2.35 bits per heavy atom. The summed E-state index contributed by atoms with van der Waals surface area (Å²) in [7, 11) is 0. The van der Waals surface area contributed by atoms with Crippen LogP contribution >= 0.6 is 0 Å². The molecule has 1 N–H and O–H groups in total. The number of hydrogen-bond donors (Lipinski definition) is 1. The Hall–Kier alpha value is -1.65. The first-order chi connectivity index (χ1) is 8.15. The Labute approximate surface area is 100 Å². The van der Waals surface area contributed by atoms with Crippen molar-refractivity contribution in [2.75, 3.05) is 11.9 Å². The van der Waals surface area contributed by atoms with Crippen molar-refractivity contribution in [2.45, 2.75) is 26.2 Å². The molecule has 0 aliphatic heterocycles. The largest absolute Gasteiger partial charge is 0.370 e. The van der Waals surface area contributed by atoms with Crippen LogP contribution in [0.5, 0.6) is 0 Å². The van der Waals surface area contributed by atoms with Crippen LogP contribution in [0.4, 0.5) is 11.5 Å². The lowest BCUT2D eigenvalue weighted by atomic mass is 10.1. The molecule has 2 atom stereocenters. The average molecular weight is 235 g/mol. The topological polar surface area (TPSA) is 68.1 Å². The molecule has 1 heterocycles. The molecule has 92 valence electrons. The van der Waals surface area contributed by atoms with E-state index in [1.165, 1.54) is 31.5 Å². The lowest BCUT2D eigenvalue weighted by Crippen LogP contribution is -2.12. The van der Waals surface area contributed by atoms with E-state index in [1.807, 2.05) is 0 Å². The Morgan fingerprint density at radius 1 is 1.53 bits per heavy atom. The molecular weight excluding hydrogens is 218 g/mol. The Morgan fingerprint density at radius 3 is 2.88 bits per heavy atom. The SMILES string of the molecule is CC1CCC(CNc2ccc([N+](=O)[O-])cn2)C1. The molecule has 0 radical (unpaired) electrons. The molecule has 2 rings (SSSR count). The van der Waals surface area contributed by atoms with Crippen LogP contribution in [0.3, 0.4) is 0 Å². The number of nitrogens with zero attached hydrogens (tertiary/aromatic N) is 2. The van der Waals surface area contributed by atoms with E-state index in [0.29, 0.717) is 5.92 Å². The molecule has 5 heteroatoms. The zero-order chi connectivity index (χ0) is 12.3. The number of pyridine rings is 1. The van der Waals surface area contributed by atoms with Crippen molar-refractivity contribution in [3.63, 3.8) is 0 Å². The maximum absolute atomic E-state index is 10.5. The molecule has 1 aliphatic carbocycles. The molecule has 0 amide bonds. The van der Waals surface area contributed by atoms with Crippen LogP contribution in [-0.2, 0) is 0 Å². The predicted octanol–water partition coefficient (Wildman–Crippen LogP) is 2.84. The molecule has 0 saturated heterocycles. The summed E-state index contributed by atoms with van der Waals surface area (Å²) in [6.07, 6.45) is 5.13. The van der Waals surface area contributed by atoms with Crippen molar-refractivity contribution in [3.8, 4) is 0 Å². The van der Waals surface area contributed by atoms with E-state index in [-0.39, 0.29) is 5.69 Å². The normalized spacial score (nSPS) is 23.6. The Bertz CT molecular complexity index is 391. The Balaban J connectivity index is 1.85. The van der Waals surface area contributed by atoms with Gasteiger partial charge in [-0.3, -0.25) is 10.1 Å². The lowest BCUT2D eigenvalue weighted by molar-refractivity contribution is -0.385. The van der Waals surface area contributed by atoms with Crippen molar-refractivity contribution < 1.29 is 4.92 Å². The second kappa shape index (κ2) is 5.12. The van der Waals surface area contributed by atoms with Gasteiger partial charge in [0, 0.05) is 12.6 Å². The first-order valence-electron chi connectivity index (χ1n) is 5.99. The van der Waals surface area contributed by atoms with Gasteiger partial charge in [-0.25, -0.2) is 4.98 Å². The van der Waals surface area contributed by atoms with Crippen LogP contribution in [-0.4, -0.2) is 16.5 Å². The number of rotatable bonds is 4. The third-order valence-corrected chi connectivity index (χ3v) is 3.33. The van der Waals surface area contributed by atoms with Crippen LogP contribution in [0.25, 0.3) is 0 Å². The van der Waals surface area contributed by atoms with Gasteiger partial charge in [-0.1, -0.05) is 13.3 Å². The first-order valence-corrected chi connectivity index (χ1v) is 5.99. The molecule has 5 nitrogen and oxygen atoms in total. The minimum Gasteiger partial charge on any atom is -0.370 e. The van der Waals surface area contributed by atoms with Crippen LogP contribution in [0, 0.1) is 22.0 Å². The summed E-state index contributed by atoms with van der Waals surface area (Å²) >= 11 is 0. The van der Waals surface area contributed by atoms with E-state index in [0.717, 1.165) is 18.3 Å². The number of nitrogens with one attached hydrogen (secondary N) is 1. The van der Waals surface area contributed by atoms with Crippen molar-refractivity contribution in [3.05, 3.63) is 28.4 Å². The quantitative estimate of drug-likeness (QED) is 0.643. The minimum atomic E-state index is -0.435. The van der Waals surface area contributed by atoms with Crippen LogP contribution in [0.1, 0.15) is 26.2 Å². The standard InChI is InChI=1S/C12H17N3O2/c1-9-2-3-10(6-9)7-13-12-5-4-11(8-14-12)15(16)17/h4-5,8-10H,2-3,6-7H2,1H3,(H,13,14). The molecular formula is C12H17N3O2. The third kappa shape index (κ3) is 3.15. The fraction of sp³-hybridized carbons (Fsp3) is 0.583. The van der Waals surface area contributed by atoms with Gasteiger partial charge in [0.15, 0.2) is 0 Å². The molecule has 0 bridgehead atoms. The summed E-state index contributed by atoms with van der Waals surface area (Å²) < 4.78 is 0. The highest BCUT2D eigenvalue weighted by molar-refractivity contribution is 5.40. The molecule has 0 spiro atoms. The van der Waals surface area contributed by atoms with E-state index >= 15 is 0 Å². The van der Waals surface area contributed by atoms with Gasteiger partial charge in [-0.05, 0) is 30.7 Å². The first kappa shape index (κ1) is 11.8. The van der Waals surface area contributed by atoms with E-state index in [4.69, 9.17) is 0 Å². The molecule has 1 saturated carbocycles. The van der Waals surface area contributed by atoms with Gasteiger partial charge >= 0.3 is 0 Å². The second-order valence-electron chi connectivity index (χ2n) is 4.82. The van der Waals surface area contributed by atoms with Gasteiger partial charge in [0.1, 0.15) is 12.0 Å². The summed E-state index contributed by atoms with van der Waals surface area (Å²) in [5, 5.41) is 13.7. The van der Waals surface area contributed by atoms with Gasteiger partial charge in [-0.2, -0.15) is 0 Å². The van der Waals surface area contributed by atoms with E-state index < -0.39 is 4.92 Å². The van der Waals surface area contributed by atoms with Crippen molar-refractivity contribution >= 4 is 11.5 Å².